The van der Waals surface area contributed by atoms with Gasteiger partial charge in [0.05, 0.1) is 6.61 Å². The number of carbonyl (C=O) groups excluding carboxylic acids is 1. The standard InChI is InChI=1S/C9H17N5O2/c1-2-3-13(4-5-15)8(16)6-14-7-11-9(10)12-14/h7,15H,2-6H2,1H3,(H2,10,12). The molecule has 7 heteroatoms. The average Bonchev–Trinajstić information content (AvgIpc) is 2.63. The number of hydrogen-bond acceptors (Lipinski definition) is 5. The molecule has 0 bridgehead atoms. The van der Waals surface area contributed by atoms with Crippen LogP contribution in [0.3, 0.4) is 0 Å². The van der Waals surface area contributed by atoms with E-state index in [4.69, 9.17) is 10.8 Å². The summed E-state index contributed by atoms with van der Waals surface area (Å²) in [5, 5.41) is 12.7. The highest BCUT2D eigenvalue weighted by Gasteiger charge is 2.13. The number of aliphatic hydroxyl groups excluding tert-OH is 1. The van der Waals surface area contributed by atoms with Crippen LogP contribution in [0, 0.1) is 0 Å². The lowest BCUT2D eigenvalue weighted by molar-refractivity contribution is -0.132. The van der Waals surface area contributed by atoms with Gasteiger partial charge < -0.3 is 15.7 Å². The second-order valence-corrected chi connectivity index (χ2v) is 3.40. The quantitative estimate of drug-likeness (QED) is 0.655. The zero-order chi connectivity index (χ0) is 12.0. The van der Waals surface area contributed by atoms with Gasteiger partial charge in [0.1, 0.15) is 12.9 Å². The van der Waals surface area contributed by atoms with E-state index in [0.29, 0.717) is 13.1 Å². The van der Waals surface area contributed by atoms with E-state index in [1.54, 1.807) is 4.90 Å². The maximum atomic E-state index is 11.8. The lowest BCUT2D eigenvalue weighted by Gasteiger charge is -2.20. The molecular weight excluding hydrogens is 210 g/mol. The average molecular weight is 227 g/mol. The summed E-state index contributed by atoms with van der Waals surface area (Å²) in [5.41, 5.74) is 5.34. The van der Waals surface area contributed by atoms with Gasteiger partial charge in [0.25, 0.3) is 0 Å². The lowest BCUT2D eigenvalue weighted by Crippen LogP contribution is -2.36. The number of hydrogen-bond donors (Lipinski definition) is 2. The first-order chi connectivity index (χ1) is 7.67. The number of aromatic nitrogens is 3. The van der Waals surface area contributed by atoms with Crippen LogP contribution in [0.25, 0.3) is 0 Å². The molecule has 1 heterocycles. The van der Waals surface area contributed by atoms with Gasteiger partial charge in [-0.2, -0.15) is 0 Å². The molecule has 16 heavy (non-hydrogen) atoms. The largest absolute Gasteiger partial charge is 0.395 e. The molecule has 0 aliphatic carbocycles. The predicted octanol–water partition coefficient (Wildman–Crippen LogP) is -0.909. The topological polar surface area (TPSA) is 97.3 Å². The molecule has 1 aromatic heterocycles. The Morgan fingerprint density at radius 2 is 2.38 bits per heavy atom. The summed E-state index contributed by atoms with van der Waals surface area (Å²) in [6, 6.07) is 0. The van der Waals surface area contributed by atoms with E-state index in [2.05, 4.69) is 10.1 Å². The summed E-state index contributed by atoms with van der Waals surface area (Å²) < 4.78 is 1.39. The molecule has 1 rings (SSSR count). The zero-order valence-corrected chi connectivity index (χ0v) is 9.33. The van der Waals surface area contributed by atoms with Crippen LogP contribution in [0.5, 0.6) is 0 Å². The minimum atomic E-state index is -0.0965. The van der Waals surface area contributed by atoms with E-state index in [-0.39, 0.29) is 25.0 Å². The van der Waals surface area contributed by atoms with Crippen LogP contribution in [-0.2, 0) is 11.3 Å². The fraction of sp³-hybridized carbons (Fsp3) is 0.667. The molecule has 0 saturated carbocycles. The van der Waals surface area contributed by atoms with Crippen molar-refractivity contribution in [3.63, 3.8) is 0 Å². The molecule has 0 aliphatic rings. The van der Waals surface area contributed by atoms with Crippen molar-refractivity contribution in [1.29, 1.82) is 0 Å². The van der Waals surface area contributed by atoms with Gasteiger partial charge in [-0.15, -0.1) is 5.10 Å². The first-order valence-electron chi connectivity index (χ1n) is 5.21. The normalized spacial score (nSPS) is 10.4. The van der Waals surface area contributed by atoms with Crippen molar-refractivity contribution in [2.45, 2.75) is 19.9 Å². The summed E-state index contributed by atoms with van der Waals surface area (Å²) in [6.45, 7) is 3.01. The van der Waals surface area contributed by atoms with Crippen LogP contribution in [-0.4, -0.2) is 50.4 Å². The summed E-state index contributed by atoms with van der Waals surface area (Å²) in [5.74, 6) is 0.0535. The Bertz CT molecular complexity index is 332. The fourth-order valence-electron chi connectivity index (χ4n) is 1.38. The third kappa shape index (κ3) is 3.50. The van der Waals surface area contributed by atoms with Gasteiger partial charge in [-0.25, -0.2) is 9.67 Å². The molecule has 0 spiro atoms. The molecule has 90 valence electrons. The van der Waals surface area contributed by atoms with Crippen LogP contribution in [0.2, 0.25) is 0 Å². The molecule has 3 N–H and O–H groups in total. The van der Waals surface area contributed by atoms with Crippen molar-refractivity contribution in [1.82, 2.24) is 19.7 Å². The lowest BCUT2D eigenvalue weighted by atomic mass is 10.4. The van der Waals surface area contributed by atoms with E-state index in [1.807, 2.05) is 6.92 Å². The molecule has 7 nitrogen and oxygen atoms in total. The molecular formula is C9H17N5O2. The van der Waals surface area contributed by atoms with Gasteiger partial charge in [-0.3, -0.25) is 4.79 Å². The first kappa shape index (κ1) is 12.4. The van der Waals surface area contributed by atoms with E-state index < -0.39 is 0 Å². The molecule has 0 atom stereocenters. The molecule has 1 amide bonds. The Kier molecular flexibility index (Phi) is 4.71. The van der Waals surface area contributed by atoms with E-state index in [1.165, 1.54) is 11.0 Å². The molecule has 0 radical (unpaired) electrons. The van der Waals surface area contributed by atoms with Crippen LogP contribution in [0.4, 0.5) is 5.95 Å². The molecule has 1 aromatic rings. The number of nitrogens with two attached hydrogens (primary N) is 1. The Morgan fingerprint density at radius 3 is 2.88 bits per heavy atom. The third-order valence-corrected chi connectivity index (χ3v) is 2.07. The number of nitrogens with zero attached hydrogens (tertiary/aromatic N) is 4. The van der Waals surface area contributed by atoms with Crippen molar-refractivity contribution < 1.29 is 9.90 Å². The SMILES string of the molecule is CCCN(CCO)C(=O)Cn1cnc(N)n1. The number of nitrogen functional groups attached to an aromatic ring is 1. The predicted molar refractivity (Wildman–Crippen MR) is 58.4 cm³/mol. The molecule has 0 saturated heterocycles. The van der Waals surface area contributed by atoms with Gasteiger partial charge >= 0.3 is 0 Å². The Labute approximate surface area is 93.9 Å². The van der Waals surface area contributed by atoms with Gasteiger partial charge in [-0.1, -0.05) is 6.92 Å². The zero-order valence-electron chi connectivity index (χ0n) is 9.33. The Balaban J connectivity index is 2.54. The summed E-state index contributed by atoms with van der Waals surface area (Å²) in [6.07, 6.45) is 2.27. The molecule has 0 fully saturated rings. The highest BCUT2D eigenvalue weighted by Crippen LogP contribution is 1.96. The van der Waals surface area contributed by atoms with Crippen molar-refractivity contribution >= 4 is 11.9 Å². The number of aliphatic hydroxyl groups is 1. The van der Waals surface area contributed by atoms with Crippen LogP contribution in [0.15, 0.2) is 6.33 Å². The molecule has 0 aromatic carbocycles. The van der Waals surface area contributed by atoms with Crippen LogP contribution >= 0.6 is 0 Å². The summed E-state index contributed by atoms with van der Waals surface area (Å²) in [7, 11) is 0. The molecule has 0 aliphatic heterocycles. The minimum absolute atomic E-state index is 0.0365. The van der Waals surface area contributed by atoms with Crippen molar-refractivity contribution in [3.05, 3.63) is 6.33 Å². The number of amides is 1. The maximum absolute atomic E-state index is 11.8. The smallest absolute Gasteiger partial charge is 0.244 e. The number of carbonyl (C=O) groups is 1. The van der Waals surface area contributed by atoms with Crippen molar-refractivity contribution in [2.75, 3.05) is 25.4 Å². The van der Waals surface area contributed by atoms with E-state index in [9.17, 15) is 4.79 Å². The second kappa shape index (κ2) is 6.06. The monoisotopic (exact) mass is 227 g/mol. The summed E-state index contributed by atoms with van der Waals surface area (Å²) in [4.78, 5) is 17.1. The van der Waals surface area contributed by atoms with Crippen LogP contribution in [0.1, 0.15) is 13.3 Å². The minimum Gasteiger partial charge on any atom is -0.395 e. The second-order valence-electron chi connectivity index (χ2n) is 3.40. The maximum Gasteiger partial charge on any atom is 0.244 e. The fourth-order valence-corrected chi connectivity index (χ4v) is 1.38. The van der Waals surface area contributed by atoms with Crippen LogP contribution < -0.4 is 5.73 Å². The third-order valence-electron chi connectivity index (χ3n) is 2.07. The molecule has 0 unspecified atom stereocenters. The van der Waals surface area contributed by atoms with Crippen molar-refractivity contribution in [2.24, 2.45) is 0 Å². The number of rotatable bonds is 6. The highest BCUT2D eigenvalue weighted by atomic mass is 16.3. The Hall–Kier alpha value is -1.63. The van der Waals surface area contributed by atoms with E-state index in [0.717, 1.165) is 6.42 Å². The van der Waals surface area contributed by atoms with Crippen molar-refractivity contribution in [3.8, 4) is 0 Å². The number of anilines is 1. The highest BCUT2D eigenvalue weighted by molar-refractivity contribution is 5.75. The van der Waals surface area contributed by atoms with Gasteiger partial charge in [-0.05, 0) is 6.42 Å². The Morgan fingerprint density at radius 1 is 1.62 bits per heavy atom. The first-order valence-corrected chi connectivity index (χ1v) is 5.21. The summed E-state index contributed by atoms with van der Waals surface area (Å²) >= 11 is 0. The van der Waals surface area contributed by atoms with Gasteiger partial charge in [0.15, 0.2) is 0 Å². The van der Waals surface area contributed by atoms with E-state index >= 15 is 0 Å². The van der Waals surface area contributed by atoms with Gasteiger partial charge in [0, 0.05) is 13.1 Å². The van der Waals surface area contributed by atoms with Gasteiger partial charge in [0.2, 0.25) is 11.9 Å².